The Bertz CT molecular complexity index is 2810. The Morgan fingerprint density at radius 3 is 1.13 bits per heavy atom. The van der Waals surface area contributed by atoms with Gasteiger partial charge < -0.3 is 26.9 Å². The molecule has 0 amide bonds. The van der Waals surface area contributed by atoms with E-state index in [2.05, 4.69) is 108 Å². The average Bonchev–Trinajstić information content (AvgIpc) is 1.68. The van der Waals surface area contributed by atoms with Crippen LogP contribution in [0.1, 0.15) is 218 Å². The van der Waals surface area contributed by atoms with Crippen LogP contribution in [-0.4, -0.2) is 117 Å². The van der Waals surface area contributed by atoms with E-state index >= 15 is 0 Å². The average molecular weight is 1420 g/mol. The van der Waals surface area contributed by atoms with Crippen molar-refractivity contribution in [1.82, 2.24) is 55.6 Å². The number of carbonyl (C=O) groups is 4. The molecule has 0 bridgehead atoms. The Hall–Kier alpha value is -0.647. The van der Waals surface area contributed by atoms with Gasteiger partial charge in [-0.25, -0.2) is 4.98 Å². The van der Waals surface area contributed by atoms with Gasteiger partial charge in [0.2, 0.25) is 0 Å². The fourth-order valence-corrected chi connectivity index (χ4v) is 26.0. The molecule has 20 nitrogen and oxygen atoms in total. The van der Waals surface area contributed by atoms with Crippen LogP contribution in [0, 0.1) is 141 Å². The van der Waals surface area contributed by atoms with Gasteiger partial charge in [0.25, 0.3) is 6.47 Å². The third kappa shape index (κ3) is 16.1. The molecule has 12 fully saturated rings. The molecule has 0 radical (unpaired) electrons. The number of hydrogen-bond donors (Lipinski definition) is 4. The van der Waals surface area contributed by atoms with Crippen LogP contribution in [0.25, 0.3) is 0 Å². The Kier molecular flexibility index (Phi) is 26.3. The van der Waals surface area contributed by atoms with E-state index in [1.807, 2.05) is 20.8 Å². The zero-order valence-corrected chi connectivity index (χ0v) is 66.6. The topological polar surface area (TPSA) is 290 Å². The van der Waals surface area contributed by atoms with Crippen LogP contribution in [-0.2, 0) is 37.2 Å². The predicted molar refractivity (Wildman–Crippen MR) is 346 cm³/mol. The third-order valence-electron chi connectivity index (χ3n) is 28.7. The number of aliphatic hydroxyl groups is 3. The van der Waals surface area contributed by atoms with Gasteiger partial charge in [0.1, 0.15) is 31.5 Å². The van der Waals surface area contributed by atoms with Gasteiger partial charge in [-0.15, -0.1) is 20.4 Å². The summed E-state index contributed by atoms with van der Waals surface area (Å²) < 4.78 is 0. The molecule has 12 saturated carbocycles. The van der Waals surface area contributed by atoms with E-state index < -0.39 is 16.8 Å². The number of aromatic amines is 1. The molecule has 514 valence electrons. The van der Waals surface area contributed by atoms with Crippen molar-refractivity contribution in [1.29, 1.82) is 0 Å². The number of nitrogens with zero attached hydrogens (tertiary/aromatic N) is 10. The molecule has 3 heterocycles. The summed E-state index contributed by atoms with van der Waals surface area (Å²) in [6, 6.07) is 0. The SMILES string of the molecule is C[C@@H]1C[C@H](C(=O)CBr)[C@@]2(C)CC[C@H]3[C@@H](CC[C@@H]4C[C@](C)(O)CC[C@@H]43)[C@H]12.C[C@@H]1C[C@H](C(=O)Cn2ncnn2)[C@@]2(C)CC[C@H]3[C@@H](CC[C@@H]4C[C@](C)(O)CC[C@@H]43)[C@H]12.C[C@@H]1C[C@H](C(=O)Cn2ncnn2)[C@@]2(C)CC[C@H]3[C@@H](CC[C@@H]4C[C@](C)(O)CC[C@@H]43)[C@H]12.O=CO[O-].[H-].[K+].[K+].c1nc[nH]n1. The van der Waals surface area contributed by atoms with Crippen LogP contribution < -0.4 is 108 Å². The molecule has 94 heavy (non-hydrogen) atoms. The quantitative estimate of drug-likeness (QED) is 0.0749. The van der Waals surface area contributed by atoms with Crippen molar-refractivity contribution >= 4 is 39.8 Å². The normalized spacial score (nSPS) is 45.7. The van der Waals surface area contributed by atoms with E-state index in [0.29, 0.717) is 64.1 Å². The summed E-state index contributed by atoms with van der Waals surface area (Å²) in [7, 11) is 0. The zero-order chi connectivity index (χ0) is 65.7. The number of aromatic nitrogens is 11. The van der Waals surface area contributed by atoms with Crippen LogP contribution in [0.15, 0.2) is 25.3 Å². The molecular weight excluding hydrogens is 1310 g/mol. The van der Waals surface area contributed by atoms with Crippen molar-refractivity contribution in [2.75, 3.05) is 5.33 Å². The third-order valence-corrected chi connectivity index (χ3v) is 29.2. The Labute approximate surface area is 654 Å². The van der Waals surface area contributed by atoms with Crippen molar-refractivity contribution in [2.24, 2.45) is 141 Å². The number of tetrazole rings is 2. The number of nitrogens with one attached hydrogen (secondary N) is 1. The minimum atomic E-state index is -0.454. The van der Waals surface area contributed by atoms with Gasteiger partial charge in [0, 0.05) is 17.8 Å². The second-order valence-electron chi connectivity index (χ2n) is 34.0. The summed E-state index contributed by atoms with van der Waals surface area (Å²) in [5.41, 5.74) is -0.865. The van der Waals surface area contributed by atoms with Crippen molar-refractivity contribution in [3.63, 3.8) is 0 Å². The number of ketones is 3. The zero-order valence-electron chi connectivity index (χ0n) is 59.7. The maximum Gasteiger partial charge on any atom is 1.00 e. The predicted octanol–water partition coefficient (Wildman–Crippen LogP) is 4.59. The molecule has 15 rings (SSSR count). The van der Waals surface area contributed by atoms with E-state index in [-0.39, 0.29) is 158 Å². The molecule has 3 aromatic heterocycles. The maximum atomic E-state index is 13.2. The van der Waals surface area contributed by atoms with Crippen LogP contribution in [0.2, 0.25) is 0 Å². The number of hydrogen-bond acceptors (Lipinski definition) is 17. The van der Waals surface area contributed by atoms with Gasteiger partial charge in [0.15, 0.2) is 24.2 Å². The second-order valence-corrected chi connectivity index (χ2v) is 34.6. The van der Waals surface area contributed by atoms with Crippen molar-refractivity contribution < 1.29 is 149 Å². The van der Waals surface area contributed by atoms with Crippen LogP contribution in [0.3, 0.4) is 0 Å². The van der Waals surface area contributed by atoms with Gasteiger partial charge in [-0.1, -0.05) is 57.5 Å². The number of rotatable bonds is 9. The van der Waals surface area contributed by atoms with Crippen LogP contribution in [0.5, 0.6) is 0 Å². The first kappa shape index (κ1) is 77.5. The molecule has 3 aromatic rings. The molecule has 4 N–H and O–H groups in total. The van der Waals surface area contributed by atoms with E-state index in [1.54, 1.807) is 0 Å². The maximum absolute atomic E-state index is 13.2. The molecule has 27 atom stereocenters. The Morgan fingerprint density at radius 1 is 0.532 bits per heavy atom. The molecule has 23 heteroatoms. The van der Waals surface area contributed by atoms with E-state index in [0.717, 1.165) is 123 Å². The number of carbonyl (C=O) groups excluding carboxylic acids is 4. The number of H-pyrrole nitrogens is 1. The molecule has 12 aliphatic rings. The summed E-state index contributed by atoms with van der Waals surface area (Å²) in [6.07, 6.45) is 33.6. The van der Waals surface area contributed by atoms with Gasteiger partial charge in [-0.05, 0) is 308 Å². The number of halogens is 1. The van der Waals surface area contributed by atoms with Gasteiger partial charge in [-0.3, -0.25) is 24.3 Å². The van der Waals surface area contributed by atoms with Gasteiger partial charge >= 0.3 is 103 Å². The molecule has 0 spiro atoms. The number of fused-ring (bicyclic) bond motifs is 15. The van der Waals surface area contributed by atoms with Crippen molar-refractivity contribution in [3.8, 4) is 0 Å². The first-order valence-corrected chi connectivity index (χ1v) is 37.1. The largest absolute Gasteiger partial charge is 1.00 e. The Morgan fingerprint density at radius 2 is 0.862 bits per heavy atom. The summed E-state index contributed by atoms with van der Waals surface area (Å²) in [6.45, 7) is 20.9. The smallest absolute Gasteiger partial charge is 1.00 e. The fourth-order valence-electron chi connectivity index (χ4n) is 25.6. The molecule has 0 unspecified atom stereocenters. The minimum Gasteiger partial charge on any atom is -1.00 e. The van der Waals surface area contributed by atoms with Crippen LogP contribution in [0.4, 0.5) is 0 Å². The summed E-state index contributed by atoms with van der Waals surface area (Å²) in [4.78, 5) is 56.7. The first-order valence-electron chi connectivity index (χ1n) is 36.0. The van der Waals surface area contributed by atoms with Crippen molar-refractivity contribution in [2.45, 2.75) is 246 Å². The standard InChI is InChI=1S/2C23H36N4O2.C22H35BrO2.C2H3N3.CH2O3.2K.H/c2*1-14-10-19(20(28)12-27-25-13-24-26-27)23(3)9-7-17-16-6-8-22(2,29)11-15(16)4-5-18(17)21(14)23;1-13-10-18(19(24)12-23)22(3)9-7-16-15-6-8-21(2,25)11-14(15)4-5-17(16)20(13)22;1-3-2-5-4-1;2-1-4-3;;;/h2*13-19,21,29H,4-12H2,1-3H3;13-18,20,25H,4-12H2,1-3H3;1-2H,(H,3,4,5);1,3H;;;/q;;;;;2*+1;-1/p-1/t2*14-,15-,16+,17-,18-,19-,21+,22-,23-;13-,14-,15+,16-,17-,18-,20+,21-,22-;;;;;/m111...../s1. The Balaban J connectivity index is 0.000000169. The summed E-state index contributed by atoms with van der Waals surface area (Å²) >= 11 is 3.44. The molecule has 0 aliphatic heterocycles. The summed E-state index contributed by atoms with van der Waals surface area (Å²) in [5.74, 6) is 14.9. The van der Waals surface area contributed by atoms with E-state index in [4.69, 9.17) is 10.1 Å². The number of Topliss-reactive ketones (excluding diaryl/α,β-unsaturated/α-hetero) is 3. The second kappa shape index (κ2) is 31.9. The van der Waals surface area contributed by atoms with Gasteiger partial charge in [0.05, 0.1) is 22.1 Å². The summed E-state index contributed by atoms with van der Waals surface area (Å²) in [5, 5.41) is 70.1. The van der Waals surface area contributed by atoms with E-state index in [1.165, 1.54) is 131 Å². The van der Waals surface area contributed by atoms with Crippen LogP contribution >= 0.6 is 15.9 Å². The number of alkyl halides is 1. The van der Waals surface area contributed by atoms with Gasteiger partial charge in [-0.2, -0.15) is 14.7 Å². The molecule has 12 aliphatic carbocycles. The monoisotopic (exact) mass is 1420 g/mol. The van der Waals surface area contributed by atoms with Crippen molar-refractivity contribution in [3.05, 3.63) is 25.3 Å². The first-order chi connectivity index (χ1) is 43.7. The fraction of sp³-hybridized carbons (Fsp3) is 0.887. The molecular formula is C71H112BrK2N11O9. The minimum absolute atomic E-state index is 0. The molecule has 0 aromatic carbocycles. The molecule has 0 saturated heterocycles. The van der Waals surface area contributed by atoms with E-state index in [9.17, 15) is 29.7 Å².